The molecule has 0 unspecified atom stereocenters. The van der Waals surface area contributed by atoms with Gasteiger partial charge in [-0.3, -0.25) is 9.99 Å². The van der Waals surface area contributed by atoms with Crippen molar-refractivity contribution in [3.63, 3.8) is 0 Å². The van der Waals surface area contributed by atoms with Crippen molar-refractivity contribution < 1.29 is 4.39 Å². The Morgan fingerprint density at radius 1 is 1.00 bits per heavy atom. The van der Waals surface area contributed by atoms with Crippen LogP contribution in [0.3, 0.4) is 0 Å². The molecule has 2 N–H and O–H groups in total. The molecule has 0 saturated carbocycles. The van der Waals surface area contributed by atoms with Crippen LogP contribution < -0.4 is 10.9 Å². The molecule has 2 aromatic carbocycles. The number of rotatable bonds is 4. The zero-order chi connectivity index (χ0) is 15.4. The molecule has 1 aromatic heterocycles. The van der Waals surface area contributed by atoms with Crippen molar-refractivity contribution in [3.8, 4) is 0 Å². The minimum atomic E-state index is -0.710. The first-order valence-electron chi connectivity index (χ1n) is 6.98. The van der Waals surface area contributed by atoms with Crippen molar-refractivity contribution >= 4 is 28.7 Å². The van der Waals surface area contributed by atoms with Crippen LogP contribution in [0.2, 0.25) is 0 Å². The molecule has 0 atom stereocenters. The molecule has 4 heteroatoms. The van der Waals surface area contributed by atoms with E-state index in [-0.39, 0.29) is 0 Å². The van der Waals surface area contributed by atoms with Crippen LogP contribution >= 0.6 is 0 Å². The number of hydrogen-bond acceptors (Lipinski definition) is 3. The van der Waals surface area contributed by atoms with Crippen molar-refractivity contribution in [1.82, 2.24) is 4.98 Å². The number of nitrogens with zero attached hydrogens (tertiary/aromatic N) is 2. The fourth-order valence-corrected chi connectivity index (χ4v) is 2.30. The molecule has 0 aliphatic carbocycles. The Hall–Kier alpha value is -2.72. The summed E-state index contributed by atoms with van der Waals surface area (Å²) in [4.78, 5) is 4.35. The van der Waals surface area contributed by atoms with E-state index in [0.29, 0.717) is 5.69 Å². The molecule has 0 bridgehead atoms. The summed E-state index contributed by atoms with van der Waals surface area (Å²) in [5.74, 6) is 5.50. The Morgan fingerprint density at radius 2 is 1.77 bits per heavy atom. The van der Waals surface area contributed by atoms with Gasteiger partial charge in [0.1, 0.15) is 0 Å². The molecule has 0 fully saturated rings. The second kappa shape index (κ2) is 6.37. The maximum atomic E-state index is 12.5. The number of pyridine rings is 1. The fourth-order valence-electron chi connectivity index (χ4n) is 2.30. The average Bonchev–Trinajstić information content (AvgIpc) is 2.59. The van der Waals surface area contributed by atoms with Crippen molar-refractivity contribution in [3.05, 3.63) is 71.9 Å². The highest BCUT2D eigenvalue weighted by molar-refractivity contribution is 5.90. The number of hydrogen-bond donors (Lipinski definition) is 1. The summed E-state index contributed by atoms with van der Waals surface area (Å²) in [5, 5.41) is 2.17. The van der Waals surface area contributed by atoms with Crippen molar-refractivity contribution in [2.45, 2.75) is 0 Å². The summed E-state index contributed by atoms with van der Waals surface area (Å²) in [6, 6.07) is 17.4. The van der Waals surface area contributed by atoms with E-state index in [4.69, 9.17) is 5.84 Å². The third kappa shape index (κ3) is 2.97. The van der Waals surface area contributed by atoms with Gasteiger partial charge in [-0.25, -0.2) is 10.2 Å². The first kappa shape index (κ1) is 14.2. The van der Waals surface area contributed by atoms with Gasteiger partial charge in [0.15, 0.2) is 6.80 Å². The molecule has 0 saturated heterocycles. The zero-order valence-corrected chi connectivity index (χ0v) is 12.0. The Balaban J connectivity index is 1.87. The molecular formula is C18H16FN3. The minimum Gasteiger partial charge on any atom is -0.281 e. The van der Waals surface area contributed by atoms with Crippen LogP contribution in [-0.2, 0) is 0 Å². The smallest absolute Gasteiger partial charge is 0.175 e. The number of aromatic nitrogens is 1. The molecule has 1 heterocycles. The summed E-state index contributed by atoms with van der Waals surface area (Å²) in [6.07, 6.45) is 5.87. The molecule has 3 nitrogen and oxygen atoms in total. The average molecular weight is 293 g/mol. The van der Waals surface area contributed by atoms with E-state index in [1.165, 1.54) is 0 Å². The van der Waals surface area contributed by atoms with E-state index in [1.54, 1.807) is 18.3 Å². The molecule has 0 amide bonds. The van der Waals surface area contributed by atoms with Crippen LogP contribution in [0.1, 0.15) is 11.1 Å². The lowest BCUT2D eigenvalue weighted by Crippen LogP contribution is -2.29. The summed E-state index contributed by atoms with van der Waals surface area (Å²) >= 11 is 0. The number of fused-ring (bicyclic) bond motifs is 1. The van der Waals surface area contributed by atoms with Crippen LogP contribution in [0.5, 0.6) is 0 Å². The topological polar surface area (TPSA) is 42.1 Å². The van der Waals surface area contributed by atoms with Crippen LogP contribution in [-0.4, -0.2) is 11.8 Å². The summed E-state index contributed by atoms with van der Waals surface area (Å²) in [6.45, 7) is -0.710. The van der Waals surface area contributed by atoms with E-state index >= 15 is 0 Å². The highest BCUT2D eigenvalue weighted by Gasteiger charge is 2.00. The largest absolute Gasteiger partial charge is 0.281 e. The number of para-hydroxylation sites is 1. The quantitative estimate of drug-likeness (QED) is 0.449. The molecule has 0 aliphatic rings. The number of halogens is 1. The molecule has 3 aromatic rings. The van der Waals surface area contributed by atoms with E-state index in [9.17, 15) is 4.39 Å². The van der Waals surface area contributed by atoms with E-state index in [1.807, 2.05) is 48.6 Å². The normalized spacial score (nSPS) is 11.2. The molecule has 3 rings (SSSR count). The lowest BCUT2D eigenvalue weighted by Gasteiger charge is -2.13. The molecule has 22 heavy (non-hydrogen) atoms. The van der Waals surface area contributed by atoms with Crippen LogP contribution in [0.15, 0.2) is 60.8 Å². The molecule has 0 radical (unpaired) electrons. The molecule has 0 spiro atoms. The summed E-state index contributed by atoms with van der Waals surface area (Å²) in [5.41, 5.74) is 3.76. The monoisotopic (exact) mass is 293 g/mol. The second-order valence-electron chi connectivity index (χ2n) is 4.93. The molecule has 0 aliphatic heterocycles. The fraction of sp³-hybridized carbons (Fsp3) is 0.0556. The Kier molecular flexibility index (Phi) is 4.12. The first-order chi connectivity index (χ1) is 10.8. The van der Waals surface area contributed by atoms with Gasteiger partial charge in [-0.1, -0.05) is 42.5 Å². The van der Waals surface area contributed by atoms with Gasteiger partial charge in [0.25, 0.3) is 0 Å². The highest BCUT2D eigenvalue weighted by Crippen LogP contribution is 2.19. The zero-order valence-electron chi connectivity index (χ0n) is 12.0. The number of hydrazine groups is 1. The van der Waals surface area contributed by atoms with Crippen LogP contribution in [0, 0.1) is 0 Å². The van der Waals surface area contributed by atoms with E-state index < -0.39 is 6.80 Å². The van der Waals surface area contributed by atoms with Gasteiger partial charge in [-0.15, -0.1) is 0 Å². The summed E-state index contributed by atoms with van der Waals surface area (Å²) < 4.78 is 12.5. The van der Waals surface area contributed by atoms with Gasteiger partial charge < -0.3 is 0 Å². The highest BCUT2D eigenvalue weighted by atomic mass is 19.1. The maximum absolute atomic E-state index is 12.5. The van der Waals surface area contributed by atoms with Gasteiger partial charge in [0.05, 0.1) is 11.2 Å². The van der Waals surface area contributed by atoms with Gasteiger partial charge in [-0.2, -0.15) is 0 Å². The van der Waals surface area contributed by atoms with Crippen molar-refractivity contribution in [2.24, 2.45) is 5.84 Å². The standard InChI is InChI=1S/C18H16FN3/c19-13-22(20)16-9-6-14(7-10-16)5-8-15-11-12-21-18-4-2-1-3-17(15)18/h1-12H,13,20H2/b8-5+. The Morgan fingerprint density at radius 3 is 2.55 bits per heavy atom. The Bertz CT molecular complexity index is 792. The number of benzene rings is 2. The van der Waals surface area contributed by atoms with Gasteiger partial charge in [0, 0.05) is 11.6 Å². The summed E-state index contributed by atoms with van der Waals surface area (Å²) in [7, 11) is 0. The van der Waals surface area contributed by atoms with Gasteiger partial charge in [0.2, 0.25) is 0 Å². The maximum Gasteiger partial charge on any atom is 0.175 e. The SMILES string of the molecule is NN(CF)c1ccc(/C=C/c2ccnc3ccccc23)cc1. The molecule has 110 valence electrons. The number of anilines is 1. The van der Waals surface area contributed by atoms with Crippen molar-refractivity contribution in [2.75, 3.05) is 11.8 Å². The molecular weight excluding hydrogens is 277 g/mol. The van der Waals surface area contributed by atoms with Crippen LogP contribution in [0.25, 0.3) is 23.1 Å². The number of nitrogens with two attached hydrogens (primary N) is 1. The van der Waals surface area contributed by atoms with Gasteiger partial charge >= 0.3 is 0 Å². The van der Waals surface area contributed by atoms with Gasteiger partial charge in [-0.05, 0) is 35.4 Å². The minimum absolute atomic E-state index is 0.647. The third-order valence-electron chi connectivity index (χ3n) is 3.49. The second-order valence-corrected chi connectivity index (χ2v) is 4.93. The Labute approximate surface area is 128 Å². The first-order valence-corrected chi connectivity index (χ1v) is 6.98. The predicted molar refractivity (Wildman–Crippen MR) is 89.8 cm³/mol. The predicted octanol–water partition coefficient (Wildman–Crippen LogP) is 4.01. The lowest BCUT2D eigenvalue weighted by atomic mass is 10.1. The lowest BCUT2D eigenvalue weighted by molar-refractivity contribution is 0.479. The third-order valence-corrected chi connectivity index (χ3v) is 3.49. The van der Waals surface area contributed by atoms with Crippen LogP contribution in [0.4, 0.5) is 10.1 Å². The number of alkyl halides is 1. The van der Waals surface area contributed by atoms with Crippen molar-refractivity contribution in [1.29, 1.82) is 0 Å². The van der Waals surface area contributed by atoms with E-state index in [2.05, 4.69) is 11.1 Å². The van der Waals surface area contributed by atoms with E-state index in [0.717, 1.165) is 27.0 Å².